The van der Waals surface area contributed by atoms with Crippen LogP contribution in [0.3, 0.4) is 0 Å². The number of nitrogens with zero attached hydrogens (tertiary/aromatic N) is 5. The second kappa shape index (κ2) is 10.0. The Morgan fingerprint density at radius 3 is 2.62 bits per heavy atom. The van der Waals surface area contributed by atoms with Gasteiger partial charge in [0.1, 0.15) is 5.75 Å². The molecule has 192 valence electrons. The first-order valence-corrected chi connectivity index (χ1v) is 12.1. The lowest BCUT2D eigenvalue weighted by atomic mass is 9.95. The van der Waals surface area contributed by atoms with Crippen molar-refractivity contribution in [3.63, 3.8) is 0 Å². The number of carbonyl (C=O) groups is 3. The molecule has 0 bridgehead atoms. The maximum Gasteiger partial charge on any atom is 0.290 e. The molecule has 2 atom stereocenters. The number of pyridine rings is 1. The molecule has 37 heavy (non-hydrogen) atoms. The lowest BCUT2D eigenvalue weighted by Gasteiger charge is -2.39. The Hall–Kier alpha value is -4.25. The van der Waals surface area contributed by atoms with Crippen LogP contribution in [0.15, 0.2) is 48.8 Å². The maximum atomic E-state index is 13.5. The SMILES string of the molecule is COc1cnc(-n2ccc(CO)n2)c2c1C(C(=O)C(=O)N1CCN(C(=O)c3ccccc3)C(C)C1)CN2. The van der Waals surface area contributed by atoms with Gasteiger partial charge in [0.15, 0.2) is 5.82 Å². The highest BCUT2D eigenvalue weighted by atomic mass is 16.5. The molecule has 2 aromatic heterocycles. The van der Waals surface area contributed by atoms with Crippen LogP contribution in [-0.4, -0.2) is 86.6 Å². The number of fused-ring (bicyclic) bond motifs is 1. The lowest BCUT2D eigenvalue weighted by molar-refractivity contribution is -0.146. The smallest absolute Gasteiger partial charge is 0.290 e. The third kappa shape index (κ3) is 4.42. The number of piperazine rings is 1. The maximum absolute atomic E-state index is 13.5. The van der Waals surface area contributed by atoms with E-state index in [-0.39, 0.29) is 38.2 Å². The molecule has 0 aliphatic carbocycles. The Bertz CT molecular complexity index is 1340. The van der Waals surface area contributed by atoms with Crippen molar-refractivity contribution >= 4 is 23.3 Å². The number of ketones is 1. The predicted octanol–water partition coefficient (Wildman–Crippen LogP) is 1.22. The van der Waals surface area contributed by atoms with Crippen molar-refractivity contribution in [2.75, 3.05) is 38.6 Å². The Kier molecular flexibility index (Phi) is 6.62. The Labute approximate surface area is 213 Å². The molecule has 0 saturated carbocycles. The third-order valence-electron chi connectivity index (χ3n) is 6.86. The molecule has 5 rings (SSSR count). The molecule has 0 spiro atoms. The fourth-order valence-corrected chi connectivity index (χ4v) is 4.94. The lowest BCUT2D eigenvalue weighted by Crippen LogP contribution is -2.57. The summed E-state index contributed by atoms with van der Waals surface area (Å²) in [4.78, 5) is 47.4. The van der Waals surface area contributed by atoms with Crippen molar-refractivity contribution < 1.29 is 24.2 Å². The quantitative estimate of drug-likeness (QED) is 0.480. The van der Waals surface area contributed by atoms with Crippen LogP contribution < -0.4 is 10.1 Å². The van der Waals surface area contributed by atoms with E-state index in [4.69, 9.17) is 4.74 Å². The van der Waals surface area contributed by atoms with Crippen LogP contribution in [0.4, 0.5) is 5.69 Å². The number of hydrogen-bond acceptors (Lipinski definition) is 8. The second-order valence-corrected chi connectivity index (χ2v) is 9.11. The minimum atomic E-state index is -0.758. The summed E-state index contributed by atoms with van der Waals surface area (Å²) in [5, 5.41) is 16.8. The molecule has 2 aliphatic heterocycles. The number of aliphatic hydroxyl groups is 1. The van der Waals surface area contributed by atoms with Gasteiger partial charge in [0, 0.05) is 49.5 Å². The average Bonchev–Trinajstić information content (AvgIpc) is 3.60. The van der Waals surface area contributed by atoms with E-state index in [0.29, 0.717) is 40.6 Å². The zero-order valence-corrected chi connectivity index (χ0v) is 20.6. The van der Waals surface area contributed by atoms with Gasteiger partial charge < -0.3 is 25.0 Å². The number of ether oxygens (including phenoxy) is 1. The number of hydrogen-bond donors (Lipinski definition) is 2. The van der Waals surface area contributed by atoms with E-state index in [1.807, 2.05) is 25.1 Å². The topological polar surface area (TPSA) is 130 Å². The number of carbonyl (C=O) groups excluding carboxylic acids is 3. The van der Waals surface area contributed by atoms with Gasteiger partial charge in [0.25, 0.3) is 11.8 Å². The molecule has 4 heterocycles. The minimum Gasteiger partial charge on any atom is -0.495 e. The molecule has 11 heteroatoms. The number of Topliss-reactive ketones (excluding diaryl/α,β-unsaturated/α-hetero) is 1. The molecular weight excluding hydrogens is 476 g/mol. The Balaban J connectivity index is 1.34. The zero-order valence-electron chi connectivity index (χ0n) is 20.6. The highest BCUT2D eigenvalue weighted by Crippen LogP contribution is 2.42. The van der Waals surface area contributed by atoms with Gasteiger partial charge in [-0.2, -0.15) is 5.10 Å². The van der Waals surface area contributed by atoms with Crippen LogP contribution in [0, 0.1) is 0 Å². The first-order valence-electron chi connectivity index (χ1n) is 12.1. The van der Waals surface area contributed by atoms with Crippen molar-refractivity contribution in [1.82, 2.24) is 24.6 Å². The summed E-state index contributed by atoms with van der Waals surface area (Å²) in [6.07, 6.45) is 3.17. The number of methoxy groups -OCH3 is 1. The molecule has 1 fully saturated rings. The predicted molar refractivity (Wildman–Crippen MR) is 134 cm³/mol. The van der Waals surface area contributed by atoms with Gasteiger partial charge >= 0.3 is 0 Å². The van der Waals surface area contributed by atoms with Crippen molar-refractivity contribution in [1.29, 1.82) is 0 Å². The number of aliphatic hydroxyl groups excluding tert-OH is 1. The summed E-state index contributed by atoms with van der Waals surface area (Å²) in [5.41, 5.74) is 2.19. The molecule has 2 unspecified atom stereocenters. The summed E-state index contributed by atoms with van der Waals surface area (Å²) in [6, 6.07) is 10.5. The van der Waals surface area contributed by atoms with Crippen LogP contribution in [0.2, 0.25) is 0 Å². The molecule has 0 radical (unpaired) electrons. The Morgan fingerprint density at radius 2 is 1.95 bits per heavy atom. The van der Waals surface area contributed by atoms with Gasteiger partial charge in [0.05, 0.1) is 37.2 Å². The molecule has 2 N–H and O–H groups in total. The highest BCUT2D eigenvalue weighted by molar-refractivity contribution is 6.38. The molecule has 2 amide bonds. The number of anilines is 1. The van der Waals surface area contributed by atoms with E-state index in [2.05, 4.69) is 15.4 Å². The van der Waals surface area contributed by atoms with Crippen molar-refractivity contribution in [2.45, 2.75) is 25.5 Å². The third-order valence-corrected chi connectivity index (χ3v) is 6.86. The summed E-state index contributed by atoms with van der Waals surface area (Å²) in [5.74, 6) is -1.14. The van der Waals surface area contributed by atoms with Gasteiger partial charge in [-0.25, -0.2) is 9.67 Å². The van der Waals surface area contributed by atoms with E-state index in [0.717, 1.165) is 0 Å². The van der Waals surface area contributed by atoms with Crippen molar-refractivity contribution in [2.24, 2.45) is 0 Å². The fourth-order valence-electron chi connectivity index (χ4n) is 4.94. The van der Waals surface area contributed by atoms with Gasteiger partial charge in [0.2, 0.25) is 5.78 Å². The van der Waals surface area contributed by atoms with E-state index in [1.54, 1.807) is 29.3 Å². The van der Waals surface area contributed by atoms with E-state index in [9.17, 15) is 19.5 Å². The van der Waals surface area contributed by atoms with Gasteiger partial charge in [-0.15, -0.1) is 0 Å². The standard InChI is InChI=1S/C26H28N6O5/c1-16-14-30(10-11-31(16)25(35)17-6-4-3-5-7-17)26(36)23(34)19-12-27-22-21(19)20(37-2)13-28-24(22)32-9-8-18(15-33)29-32/h3-9,13,16,19,27,33H,10-12,14-15H2,1-2H3. The normalized spacial score (nSPS) is 18.8. The largest absolute Gasteiger partial charge is 0.495 e. The molecule has 3 aromatic rings. The summed E-state index contributed by atoms with van der Waals surface area (Å²) in [7, 11) is 1.49. The van der Waals surface area contributed by atoms with Crippen molar-refractivity contribution in [3.05, 3.63) is 65.6 Å². The first kappa shape index (κ1) is 24.4. The summed E-state index contributed by atoms with van der Waals surface area (Å²) in [6.45, 7) is 2.77. The van der Waals surface area contributed by atoms with Crippen LogP contribution in [0.25, 0.3) is 5.82 Å². The first-order chi connectivity index (χ1) is 17.9. The van der Waals surface area contributed by atoms with Crippen LogP contribution >= 0.6 is 0 Å². The van der Waals surface area contributed by atoms with Crippen LogP contribution in [-0.2, 0) is 16.2 Å². The summed E-state index contributed by atoms with van der Waals surface area (Å²) >= 11 is 0. The van der Waals surface area contributed by atoms with E-state index < -0.39 is 17.6 Å². The van der Waals surface area contributed by atoms with Gasteiger partial charge in [-0.3, -0.25) is 14.4 Å². The average molecular weight is 505 g/mol. The molecule has 1 saturated heterocycles. The van der Waals surface area contributed by atoms with E-state index in [1.165, 1.54) is 22.9 Å². The molecule has 1 aromatic carbocycles. The summed E-state index contributed by atoms with van der Waals surface area (Å²) < 4.78 is 7.00. The van der Waals surface area contributed by atoms with Crippen LogP contribution in [0.1, 0.15) is 34.5 Å². The van der Waals surface area contributed by atoms with Crippen LogP contribution in [0.5, 0.6) is 5.75 Å². The molecular formula is C26H28N6O5. The van der Waals surface area contributed by atoms with E-state index >= 15 is 0 Å². The van der Waals surface area contributed by atoms with Crippen molar-refractivity contribution in [3.8, 4) is 11.6 Å². The Morgan fingerprint density at radius 1 is 1.16 bits per heavy atom. The number of benzene rings is 1. The number of amides is 2. The molecule has 2 aliphatic rings. The number of nitrogens with one attached hydrogen (secondary N) is 1. The monoisotopic (exact) mass is 504 g/mol. The van der Waals surface area contributed by atoms with Gasteiger partial charge in [-0.05, 0) is 25.1 Å². The second-order valence-electron chi connectivity index (χ2n) is 9.11. The zero-order chi connectivity index (χ0) is 26.1. The molecule has 11 nitrogen and oxygen atoms in total. The minimum absolute atomic E-state index is 0.0896. The van der Waals surface area contributed by atoms with Gasteiger partial charge in [-0.1, -0.05) is 18.2 Å². The highest BCUT2D eigenvalue weighted by Gasteiger charge is 2.41. The fraction of sp³-hybridized carbons (Fsp3) is 0.346. The number of rotatable bonds is 6. The number of aromatic nitrogens is 3.